The maximum absolute atomic E-state index is 13.6. The Balaban J connectivity index is 1.85. The van der Waals surface area contributed by atoms with E-state index >= 15 is 0 Å². The highest BCUT2D eigenvalue weighted by Gasteiger charge is 2.16. The summed E-state index contributed by atoms with van der Waals surface area (Å²) in [5.41, 5.74) is 2.43. The third-order valence-electron chi connectivity index (χ3n) is 3.69. The van der Waals surface area contributed by atoms with Crippen LogP contribution in [0.3, 0.4) is 0 Å². The summed E-state index contributed by atoms with van der Waals surface area (Å²) in [6.45, 7) is 3.90. The van der Waals surface area contributed by atoms with Gasteiger partial charge in [0.25, 0.3) is 0 Å². The molecule has 3 rings (SSSR count). The molecule has 1 heterocycles. The second-order valence-electron chi connectivity index (χ2n) is 5.31. The van der Waals surface area contributed by atoms with E-state index in [0.717, 1.165) is 11.4 Å². The summed E-state index contributed by atoms with van der Waals surface area (Å²) in [4.78, 5) is 0. The normalized spacial score (nSPS) is 12.1. The summed E-state index contributed by atoms with van der Waals surface area (Å²) in [5, 5.41) is 15.3. The van der Waals surface area contributed by atoms with E-state index in [1.807, 2.05) is 50.2 Å². The third kappa shape index (κ3) is 3.21. The quantitative estimate of drug-likeness (QED) is 0.783. The van der Waals surface area contributed by atoms with Crippen molar-refractivity contribution in [2.45, 2.75) is 26.3 Å². The number of halogens is 1. The minimum absolute atomic E-state index is 0.125. The number of aryl methyl sites for hydroxylation is 1. The standard InChI is InChI=1S/C17H18FN5/c1-3-13-11-14(9-10-16(13)18)19-12(2)17-20-21-22-23(17)15-7-5-4-6-8-15/h4-12,19H,3H2,1-2H3. The van der Waals surface area contributed by atoms with Gasteiger partial charge in [-0.1, -0.05) is 25.1 Å². The Morgan fingerprint density at radius 1 is 1.17 bits per heavy atom. The zero-order valence-electron chi connectivity index (χ0n) is 13.1. The van der Waals surface area contributed by atoms with E-state index < -0.39 is 0 Å². The van der Waals surface area contributed by atoms with Crippen LogP contribution in [-0.4, -0.2) is 20.2 Å². The van der Waals surface area contributed by atoms with Gasteiger partial charge >= 0.3 is 0 Å². The number of nitrogens with one attached hydrogen (secondary N) is 1. The van der Waals surface area contributed by atoms with Crippen LogP contribution in [0.4, 0.5) is 10.1 Å². The molecule has 0 aliphatic heterocycles. The van der Waals surface area contributed by atoms with Crippen molar-refractivity contribution in [3.63, 3.8) is 0 Å². The number of para-hydroxylation sites is 1. The first-order chi connectivity index (χ1) is 11.2. The fourth-order valence-electron chi connectivity index (χ4n) is 2.47. The molecule has 0 aliphatic carbocycles. The molecule has 1 N–H and O–H groups in total. The molecule has 1 aromatic heterocycles. The predicted octanol–water partition coefficient (Wildman–Crippen LogP) is 3.54. The van der Waals surface area contributed by atoms with E-state index in [0.29, 0.717) is 17.8 Å². The molecule has 0 saturated carbocycles. The van der Waals surface area contributed by atoms with E-state index in [1.54, 1.807) is 10.7 Å². The summed E-state index contributed by atoms with van der Waals surface area (Å²) in [6, 6.07) is 14.6. The van der Waals surface area contributed by atoms with Gasteiger partial charge in [0, 0.05) is 5.69 Å². The van der Waals surface area contributed by atoms with Gasteiger partial charge in [-0.2, -0.15) is 4.68 Å². The van der Waals surface area contributed by atoms with Crippen molar-refractivity contribution < 1.29 is 4.39 Å². The largest absolute Gasteiger partial charge is 0.375 e. The first kappa shape index (κ1) is 15.1. The SMILES string of the molecule is CCc1cc(NC(C)c2nnnn2-c2ccccc2)ccc1F. The molecule has 0 fully saturated rings. The molecule has 23 heavy (non-hydrogen) atoms. The zero-order chi connectivity index (χ0) is 16.2. The van der Waals surface area contributed by atoms with Crippen LogP contribution < -0.4 is 5.32 Å². The Morgan fingerprint density at radius 2 is 1.96 bits per heavy atom. The van der Waals surface area contributed by atoms with Gasteiger partial charge in [0.2, 0.25) is 0 Å². The van der Waals surface area contributed by atoms with Gasteiger partial charge in [-0.25, -0.2) is 4.39 Å². The molecule has 0 amide bonds. The minimum Gasteiger partial charge on any atom is -0.375 e. The van der Waals surface area contributed by atoms with Gasteiger partial charge in [-0.15, -0.1) is 5.10 Å². The lowest BCUT2D eigenvalue weighted by Gasteiger charge is -2.15. The summed E-state index contributed by atoms with van der Waals surface area (Å²) < 4.78 is 15.3. The van der Waals surface area contributed by atoms with Gasteiger partial charge in [0.05, 0.1) is 11.7 Å². The molecule has 0 aliphatic rings. The predicted molar refractivity (Wildman–Crippen MR) is 87.0 cm³/mol. The second kappa shape index (κ2) is 6.56. The highest BCUT2D eigenvalue weighted by molar-refractivity contribution is 5.47. The maximum Gasteiger partial charge on any atom is 0.178 e. The first-order valence-electron chi connectivity index (χ1n) is 7.57. The number of hydrogen-bond donors (Lipinski definition) is 1. The van der Waals surface area contributed by atoms with Crippen LogP contribution >= 0.6 is 0 Å². The van der Waals surface area contributed by atoms with Crippen molar-refractivity contribution in [2.75, 3.05) is 5.32 Å². The van der Waals surface area contributed by atoms with E-state index in [4.69, 9.17) is 0 Å². The molecule has 0 saturated heterocycles. The summed E-state index contributed by atoms with van der Waals surface area (Å²) >= 11 is 0. The smallest absolute Gasteiger partial charge is 0.178 e. The molecular weight excluding hydrogens is 293 g/mol. The monoisotopic (exact) mass is 311 g/mol. The van der Waals surface area contributed by atoms with Crippen molar-refractivity contribution in [2.24, 2.45) is 0 Å². The molecule has 1 unspecified atom stereocenters. The van der Waals surface area contributed by atoms with Crippen LogP contribution in [0.5, 0.6) is 0 Å². The topological polar surface area (TPSA) is 55.6 Å². The lowest BCUT2D eigenvalue weighted by atomic mass is 10.1. The molecule has 0 spiro atoms. The summed E-state index contributed by atoms with van der Waals surface area (Å²) in [5.74, 6) is 0.512. The number of hydrogen-bond acceptors (Lipinski definition) is 4. The number of tetrazole rings is 1. The summed E-state index contributed by atoms with van der Waals surface area (Å²) in [7, 11) is 0. The minimum atomic E-state index is -0.181. The second-order valence-corrected chi connectivity index (χ2v) is 5.31. The summed E-state index contributed by atoms with van der Waals surface area (Å²) in [6.07, 6.45) is 0.650. The van der Waals surface area contributed by atoms with Crippen molar-refractivity contribution in [3.05, 3.63) is 65.7 Å². The van der Waals surface area contributed by atoms with Crippen LogP contribution in [0, 0.1) is 5.82 Å². The zero-order valence-corrected chi connectivity index (χ0v) is 13.1. The lowest BCUT2D eigenvalue weighted by molar-refractivity contribution is 0.612. The van der Waals surface area contributed by atoms with E-state index in [1.165, 1.54) is 6.07 Å². The average molecular weight is 311 g/mol. The average Bonchev–Trinajstić information content (AvgIpc) is 3.07. The van der Waals surface area contributed by atoms with Gasteiger partial charge in [-0.3, -0.25) is 0 Å². The Morgan fingerprint density at radius 3 is 2.70 bits per heavy atom. The molecule has 2 aromatic carbocycles. The van der Waals surface area contributed by atoms with Gasteiger partial charge < -0.3 is 5.32 Å². The van der Waals surface area contributed by atoms with Gasteiger partial charge in [-0.05, 0) is 59.7 Å². The number of nitrogens with zero attached hydrogens (tertiary/aromatic N) is 4. The molecule has 118 valence electrons. The maximum atomic E-state index is 13.6. The van der Waals surface area contributed by atoms with Crippen LogP contribution in [-0.2, 0) is 6.42 Å². The third-order valence-corrected chi connectivity index (χ3v) is 3.69. The fraction of sp³-hybridized carbons (Fsp3) is 0.235. The number of anilines is 1. The van der Waals surface area contributed by atoms with Gasteiger partial charge in [0.1, 0.15) is 5.82 Å². The molecule has 3 aromatic rings. The van der Waals surface area contributed by atoms with E-state index in [9.17, 15) is 4.39 Å². The Bertz CT molecular complexity index is 785. The van der Waals surface area contributed by atoms with E-state index in [2.05, 4.69) is 20.8 Å². The van der Waals surface area contributed by atoms with Crippen molar-refractivity contribution in [1.29, 1.82) is 0 Å². The lowest BCUT2D eigenvalue weighted by Crippen LogP contribution is -2.14. The highest BCUT2D eigenvalue weighted by Crippen LogP contribution is 2.21. The molecule has 1 atom stereocenters. The Labute approximate surface area is 134 Å². The van der Waals surface area contributed by atoms with Gasteiger partial charge in [0.15, 0.2) is 5.82 Å². The molecule has 5 nitrogen and oxygen atoms in total. The van der Waals surface area contributed by atoms with Crippen molar-refractivity contribution in [1.82, 2.24) is 20.2 Å². The molecule has 6 heteroatoms. The highest BCUT2D eigenvalue weighted by atomic mass is 19.1. The molecule has 0 bridgehead atoms. The first-order valence-corrected chi connectivity index (χ1v) is 7.57. The number of aromatic nitrogens is 4. The van der Waals surface area contributed by atoms with Crippen LogP contribution in [0.15, 0.2) is 48.5 Å². The van der Waals surface area contributed by atoms with Crippen molar-refractivity contribution in [3.8, 4) is 5.69 Å². The fourth-order valence-corrected chi connectivity index (χ4v) is 2.47. The number of benzene rings is 2. The molecule has 0 radical (unpaired) electrons. The Kier molecular flexibility index (Phi) is 4.32. The van der Waals surface area contributed by atoms with Crippen LogP contribution in [0.2, 0.25) is 0 Å². The van der Waals surface area contributed by atoms with E-state index in [-0.39, 0.29) is 11.9 Å². The molecular formula is C17H18FN5. The Hall–Kier alpha value is -2.76. The number of rotatable bonds is 5. The van der Waals surface area contributed by atoms with Crippen LogP contribution in [0.25, 0.3) is 5.69 Å². The van der Waals surface area contributed by atoms with Crippen molar-refractivity contribution >= 4 is 5.69 Å². The van der Waals surface area contributed by atoms with Crippen LogP contribution in [0.1, 0.15) is 31.3 Å².